The van der Waals surface area contributed by atoms with Gasteiger partial charge in [0.15, 0.2) is 0 Å². The number of nitrogens with one attached hydrogen (secondary N) is 1. The molecule has 1 aliphatic rings. The lowest BCUT2D eigenvalue weighted by molar-refractivity contribution is -0.122. The number of amides is 1. The molecule has 184 valence electrons. The van der Waals surface area contributed by atoms with E-state index in [1.165, 1.54) is 34.7 Å². The monoisotopic (exact) mass is 508 g/mol. The number of benzene rings is 1. The number of aromatic nitrogens is 1. The van der Waals surface area contributed by atoms with E-state index in [2.05, 4.69) is 24.4 Å². The van der Waals surface area contributed by atoms with Gasteiger partial charge < -0.3 is 5.32 Å². The summed E-state index contributed by atoms with van der Waals surface area (Å²) in [4.78, 5) is 28.2. The van der Waals surface area contributed by atoms with Crippen LogP contribution >= 0.6 is 24.0 Å². The Kier molecular flexibility index (Phi) is 9.70. The number of nitrogens with zero attached hydrogens (tertiary/aromatic N) is 3. The van der Waals surface area contributed by atoms with Crippen molar-refractivity contribution in [3.05, 3.63) is 67.8 Å². The van der Waals surface area contributed by atoms with E-state index in [0.717, 1.165) is 25.7 Å². The molecule has 8 heteroatoms. The SMILES string of the molecule is CCCCCCCN1C(=O)/C(=C\c2c(C)c(C#N)c(=O)n(C)c2NCCc2ccccc2)SC1=S. The van der Waals surface area contributed by atoms with Crippen LogP contribution in [0.25, 0.3) is 6.08 Å². The summed E-state index contributed by atoms with van der Waals surface area (Å²) in [5, 5.41) is 13.0. The molecule has 1 amide bonds. The van der Waals surface area contributed by atoms with Crippen molar-refractivity contribution < 1.29 is 4.79 Å². The standard InChI is InChI=1S/C27H32N4O2S2/c1-4-5-6-7-11-16-31-26(33)23(35-27(31)34)17-21-19(2)22(18-28)25(32)30(3)24(21)29-15-14-20-12-9-8-10-13-20/h8-10,12-13,17,29H,4-7,11,14-16H2,1-3H3/b23-17+. The number of rotatable bonds is 11. The maximum Gasteiger partial charge on any atom is 0.270 e. The zero-order chi connectivity index (χ0) is 25.4. The Morgan fingerprint density at radius 1 is 1.14 bits per heavy atom. The number of nitriles is 1. The van der Waals surface area contributed by atoms with Gasteiger partial charge in [0.05, 0.1) is 4.91 Å². The molecule has 0 aliphatic carbocycles. The van der Waals surface area contributed by atoms with Crippen LogP contribution in [0.2, 0.25) is 0 Å². The van der Waals surface area contributed by atoms with Gasteiger partial charge in [0.25, 0.3) is 11.5 Å². The Morgan fingerprint density at radius 2 is 1.86 bits per heavy atom. The topological polar surface area (TPSA) is 78.1 Å². The summed E-state index contributed by atoms with van der Waals surface area (Å²) in [6.07, 6.45) is 8.08. The van der Waals surface area contributed by atoms with Gasteiger partial charge in [-0.3, -0.25) is 19.1 Å². The second-order valence-corrected chi connectivity index (χ2v) is 10.3. The van der Waals surface area contributed by atoms with Crippen molar-refractivity contribution in [2.24, 2.45) is 7.05 Å². The van der Waals surface area contributed by atoms with Gasteiger partial charge in [0.1, 0.15) is 21.8 Å². The molecule has 1 aromatic heterocycles. The van der Waals surface area contributed by atoms with Crippen molar-refractivity contribution >= 4 is 46.1 Å². The van der Waals surface area contributed by atoms with Crippen LogP contribution in [0.3, 0.4) is 0 Å². The Bertz CT molecular complexity index is 1210. The summed E-state index contributed by atoms with van der Waals surface area (Å²) in [5.74, 6) is 0.477. The first-order valence-corrected chi connectivity index (χ1v) is 13.3. The smallest absolute Gasteiger partial charge is 0.270 e. The maximum atomic E-state index is 13.2. The molecule has 0 spiro atoms. The number of pyridine rings is 1. The van der Waals surface area contributed by atoms with Crippen molar-refractivity contribution in [2.45, 2.75) is 52.4 Å². The number of hydrogen-bond donors (Lipinski definition) is 1. The Hall–Kier alpha value is -2.89. The summed E-state index contributed by atoms with van der Waals surface area (Å²) in [6, 6.07) is 12.1. The summed E-state index contributed by atoms with van der Waals surface area (Å²) in [7, 11) is 1.65. The molecule has 1 aliphatic heterocycles. The molecule has 1 fully saturated rings. The Labute approximate surface area is 217 Å². The number of carbonyl (C=O) groups is 1. The molecule has 0 saturated carbocycles. The van der Waals surface area contributed by atoms with E-state index in [1.807, 2.05) is 24.3 Å². The molecular weight excluding hydrogens is 476 g/mol. The van der Waals surface area contributed by atoms with Gasteiger partial charge >= 0.3 is 0 Å². The van der Waals surface area contributed by atoms with Gasteiger partial charge in [-0.25, -0.2) is 0 Å². The fourth-order valence-electron chi connectivity index (χ4n) is 4.11. The molecule has 0 radical (unpaired) electrons. The van der Waals surface area contributed by atoms with Crippen molar-refractivity contribution in [3.8, 4) is 6.07 Å². The van der Waals surface area contributed by atoms with E-state index >= 15 is 0 Å². The molecule has 0 atom stereocenters. The van der Waals surface area contributed by atoms with E-state index in [4.69, 9.17) is 12.2 Å². The lowest BCUT2D eigenvalue weighted by Crippen LogP contribution is -2.29. The van der Waals surface area contributed by atoms with E-state index in [0.29, 0.717) is 39.3 Å². The normalized spacial score (nSPS) is 14.6. The number of thioether (sulfide) groups is 1. The van der Waals surface area contributed by atoms with Crippen LogP contribution in [0.1, 0.15) is 61.3 Å². The van der Waals surface area contributed by atoms with E-state index in [9.17, 15) is 14.9 Å². The zero-order valence-electron chi connectivity index (χ0n) is 20.6. The molecule has 1 saturated heterocycles. The van der Waals surface area contributed by atoms with Gasteiger partial charge in [0.2, 0.25) is 0 Å². The van der Waals surface area contributed by atoms with Crippen LogP contribution in [0.4, 0.5) is 5.82 Å². The average molecular weight is 509 g/mol. The minimum atomic E-state index is -0.357. The summed E-state index contributed by atoms with van der Waals surface area (Å²) in [6.45, 7) is 5.14. The highest BCUT2D eigenvalue weighted by Gasteiger charge is 2.32. The largest absolute Gasteiger partial charge is 0.371 e. The second kappa shape index (κ2) is 12.7. The highest BCUT2D eigenvalue weighted by Crippen LogP contribution is 2.35. The number of thiocarbonyl (C=S) groups is 1. The third-order valence-electron chi connectivity index (χ3n) is 6.18. The lowest BCUT2D eigenvalue weighted by Gasteiger charge is -2.18. The predicted molar refractivity (Wildman–Crippen MR) is 148 cm³/mol. The Balaban J connectivity index is 1.87. The maximum absolute atomic E-state index is 13.2. The van der Waals surface area contributed by atoms with Crippen LogP contribution in [0, 0.1) is 18.3 Å². The fourth-order valence-corrected chi connectivity index (χ4v) is 5.40. The van der Waals surface area contributed by atoms with Gasteiger partial charge in [-0.15, -0.1) is 0 Å². The molecule has 0 unspecified atom stereocenters. The molecule has 1 N–H and O–H groups in total. The highest BCUT2D eigenvalue weighted by molar-refractivity contribution is 8.26. The quantitative estimate of drug-likeness (QED) is 0.249. The fraction of sp³-hybridized carbons (Fsp3) is 0.407. The molecule has 0 bridgehead atoms. The third kappa shape index (κ3) is 6.41. The lowest BCUT2D eigenvalue weighted by atomic mass is 10.0. The first-order chi connectivity index (χ1) is 16.9. The molecule has 1 aromatic carbocycles. The van der Waals surface area contributed by atoms with E-state index in [1.54, 1.807) is 24.9 Å². The average Bonchev–Trinajstić information content (AvgIpc) is 3.12. The summed E-state index contributed by atoms with van der Waals surface area (Å²) >= 11 is 6.78. The Morgan fingerprint density at radius 3 is 2.54 bits per heavy atom. The highest BCUT2D eigenvalue weighted by atomic mass is 32.2. The minimum absolute atomic E-state index is 0.0822. The number of hydrogen-bond acceptors (Lipinski definition) is 6. The first-order valence-electron chi connectivity index (χ1n) is 12.1. The number of unbranched alkanes of at least 4 members (excludes halogenated alkanes) is 4. The first kappa shape index (κ1) is 26.7. The minimum Gasteiger partial charge on any atom is -0.371 e. The predicted octanol–water partition coefficient (Wildman–Crippen LogP) is 5.39. The van der Waals surface area contributed by atoms with Crippen LogP contribution in [-0.2, 0) is 18.3 Å². The van der Waals surface area contributed by atoms with Gasteiger partial charge in [0, 0.05) is 25.7 Å². The van der Waals surface area contributed by atoms with Crippen molar-refractivity contribution in [2.75, 3.05) is 18.4 Å². The second-order valence-electron chi connectivity index (χ2n) is 8.65. The van der Waals surface area contributed by atoms with Crippen LogP contribution in [0.15, 0.2) is 40.0 Å². The van der Waals surface area contributed by atoms with Gasteiger partial charge in [-0.05, 0) is 37.0 Å². The van der Waals surface area contributed by atoms with Crippen molar-refractivity contribution in [1.29, 1.82) is 5.26 Å². The van der Waals surface area contributed by atoms with Crippen molar-refractivity contribution in [3.63, 3.8) is 0 Å². The third-order valence-corrected chi connectivity index (χ3v) is 7.56. The molecule has 2 heterocycles. The molecule has 2 aromatic rings. The van der Waals surface area contributed by atoms with Crippen molar-refractivity contribution in [1.82, 2.24) is 9.47 Å². The summed E-state index contributed by atoms with van der Waals surface area (Å²) < 4.78 is 2.01. The molecular formula is C27H32N4O2S2. The molecule has 35 heavy (non-hydrogen) atoms. The van der Waals surface area contributed by atoms with E-state index < -0.39 is 0 Å². The molecule has 6 nitrogen and oxygen atoms in total. The van der Waals surface area contributed by atoms with E-state index in [-0.39, 0.29) is 17.0 Å². The number of carbonyl (C=O) groups excluding carboxylic acids is 1. The van der Waals surface area contributed by atoms with Gasteiger partial charge in [-0.2, -0.15) is 5.26 Å². The zero-order valence-corrected chi connectivity index (χ0v) is 22.2. The van der Waals surface area contributed by atoms with Crippen LogP contribution < -0.4 is 10.9 Å². The summed E-state index contributed by atoms with van der Waals surface area (Å²) in [5.41, 5.74) is 2.13. The number of anilines is 1. The van der Waals surface area contributed by atoms with Gasteiger partial charge in [-0.1, -0.05) is 86.9 Å². The molecule has 3 rings (SSSR count). The van der Waals surface area contributed by atoms with Crippen LogP contribution in [-0.4, -0.2) is 32.8 Å². The van der Waals surface area contributed by atoms with Crippen LogP contribution in [0.5, 0.6) is 0 Å².